The highest BCUT2D eigenvalue weighted by Crippen LogP contribution is 2.38. The molecule has 0 aromatic heterocycles. The average Bonchev–Trinajstić information content (AvgIpc) is 3.01. The van der Waals surface area contributed by atoms with Crippen LogP contribution in [0.15, 0.2) is 42.5 Å². The molecular formula is C18H20N2O4. The first-order valence-electron chi connectivity index (χ1n) is 7.66. The molecule has 0 radical (unpaired) electrons. The van der Waals surface area contributed by atoms with Gasteiger partial charge in [-0.3, -0.25) is 4.79 Å². The number of carbonyl (C=O) groups is 1. The summed E-state index contributed by atoms with van der Waals surface area (Å²) < 4.78 is 0. The third-order valence-electron chi connectivity index (χ3n) is 4.07. The molecule has 1 atom stereocenters. The Hall–Kier alpha value is -2.57. The number of aliphatic hydroxyl groups excluding tert-OH is 1. The van der Waals surface area contributed by atoms with E-state index < -0.39 is 17.6 Å². The Balaban J connectivity index is 2.05. The van der Waals surface area contributed by atoms with Gasteiger partial charge in [0.15, 0.2) is 5.75 Å². The van der Waals surface area contributed by atoms with Gasteiger partial charge in [0.1, 0.15) is 18.2 Å². The number of fused-ring (bicyclic) bond motifs is 1. The van der Waals surface area contributed by atoms with Crippen LogP contribution in [0, 0.1) is 0 Å². The Kier molecular flexibility index (Phi) is 4.17. The van der Waals surface area contributed by atoms with E-state index in [1.54, 1.807) is 19.9 Å². The van der Waals surface area contributed by atoms with Gasteiger partial charge < -0.3 is 21.0 Å². The van der Waals surface area contributed by atoms with Crippen molar-refractivity contribution in [3.05, 3.63) is 59.2 Å². The van der Waals surface area contributed by atoms with Crippen LogP contribution in [0.25, 0.3) is 0 Å². The predicted octanol–water partition coefficient (Wildman–Crippen LogP) is 2.27. The molecule has 4 N–H and O–H groups in total. The molecule has 2 aromatic rings. The van der Waals surface area contributed by atoms with E-state index in [0.29, 0.717) is 23.6 Å². The second-order valence-electron chi connectivity index (χ2n) is 6.32. The topological polar surface area (TPSA) is 93.8 Å². The second-order valence-corrected chi connectivity index (χ2v) is 6.32. The Bertz CT molecular complexity index is 759. The maximum Gasteiger partial charge on any atom is 0.242 e. The monoisotopic (exact) mass is 328 g/mol. The van der Waals surface area contributed by atoms with Crippen LogP contribution in [0.5, 0.6) is 5.75 Å². The van der Waals surface area contributed by atoms with Crippen molar-refractivity contribution in [2.75, 3.05) is 5.32 Å². The number of nitrogens with one attached hydrogen (secondary N) is 1. The summed E-state index contributed by atoms with van der Waals surface area (Å²) in [5.41, 5.74) is 7.24. The first-order chi connectivity index (χ1) is 11.4. The zero-order chi connectivity index (χ0) is 17.3. The fourth-order valence-corrected chi connectivity index (χ4v) is 2.54. The Morgan fingerprint density at radius 2 is 2.00 bits per heavy atom. The highest BCUT2D eigenvalue weighted by molar-refractivity contribution is 5.87. The van der Waals surface area contributed by atoms with Crippen molar-refractivity contribution in [2.24, 2.45) is 5.73 Å². The van der Waals surface area contributed by atoms with Gasteiger partial charge in [0.2, 0.25) is 5.91 Å². The van der Waals surface area contributed by atoms with Crippen molar-refractivity contribution in [2.45, 2.75) is 32.1 Å². The number of rotatable bonds is 5. The molecule has 1 aliphatic heterocycles. The number of carbonyl (C=O) groups excluding carboxylic acids is 1. The number of benzene rings is 2. The highest BCUT2D eigenvalue weighted by Gasteiger charge is 2.29. The summed E-state index contributed by atoms with van der Waals surface area (Å²) >= 11 is 0. The number of aliphatic hydroxyl groups is 1. The minimum absolute atomic E-state index is 0.309. The molecule has 1 heterocycles. The SMILES string of the molecule is CC(C)(Nc1cc2c(cc1C(O)c1ccccc1)COO2)C(N)=O. The normalized spacial score (nSPS) is 14.6. The lowest BCUT2D eigenvalue weighted by atomic mass is 9.95. The first kappa shape index (κ1) is 16.3. The van der Waals surface area contributed by atoms with E-state index in [1.807, 2.05) is 36.4 Å². The minimum Gasteiger partial charge on any atom is -0.384 e. The Labute approximate surface area is 140 Å². The molecule has 2 aromatic carbocycles. The van der Waals surface area contributed by atoms with Gasteiger partial charge in [-0.2, -0.15) is 4.89 Å². The summed E-state index contributed by atoms with van der Waals surface area (Å²) in [7, 11) is 0. The van der Waals surface area contributed by atoms with E-state index in [2.05, 4.69) is 5.32 Å². The van der Waals surface area contributed by atoms with Crippen LogP contribution in [0.2, 0.25) is 0 Å². The van der Waals surface area contributed by atoms with Crippen LogP contribution in [-0.4, -0.2) is 16.6 Å². The number of primary amides is 1. The number of anilines is 1. The molecule has 1 unspecified atom stereocenters. The van der Waals surface area contributed by atoms with Gasteiger partial charge in [-0.1, -0.05) is 30.3 Å². The van der Waals surface area contributed by atoms with Crippen LogP contribution in [0.1, 0.15) is 36.6 Å². The molecule has 0 bridgehead atoms. The smallest absolute Gasteiger partial charge is 0.242 e. The van der Waals surface area contributed by atoms with Crippen molar-refractivity contribution in [1.82, 2.24) is 0 Å². The van der Waals surface area contributed by atoms with Crippen molar-refractivity contribution in [3.8, 4) is 5.75 Å². The van der Waals surface area contributed by atoms with Crippen LogP contribution < -0.4 is 15.9 Å². The van der Waals surface area contributed by atoms with E-state index in [9.17, 15) is 9.90 Å². The van der Waals surface area contributed by atoms with Crippen molar-refractivity contribution in [1.29, 1.82) is 0 Å². The summed E-state index contributed by atoms with van der Waals surface area (Å²) in [6, 6.07) is 12.8. The molecule has 0 saturated heterocycles. The van der Waals surface area contributed by atoms with Crippen molar-refractivity contribution >= 4 is 11.6 Å². The van der Waals surface area contributed by atoms with E-state index in [4.69, 9.17) is 15.5 Å². The van der Waals surface area contributed by atoms with Crippen LogP contribution in [0.4, 0.5) is 5.69 Å². The molecule has 24 heavy (non-hydrogen) atoms. The van der Waals surface area contributed by atoms with Crippen molar-refractivity contribution < 1.29 is 19.7 Å². The molecule has 126 valence electrons. The predicted molar refractivity (Wildman–Crippen MR) is 89.3 cm³/mol. The lowest BCUT2D eigenvalue weighted by Crippen LogP contribution is -2.45. The maximum absolute atomic E-state index is 11.7. The van der Waals surface area contributed by atoms with E-state index in [1.165, 1.54) is 0 Å². The van der Waals surface area contributed by atoms with Crippen LogP contribution in [-0.2, 0) is 16.3 Å². The molecular weight excluding hydrogens is 308 g/mol. The maximum atomic E-state index is 11.7. The minimum atomic E-state index is -0.987. The molecule has 1 amide bonds. The van der Waals surface area contributed by atoms with E-state index >= 15 is 0 Å². The van der Waals surface area contributed by atoms with Gasteiger partial charge in [0.05, 0.1) is 0 Å². The molecule has 3 rings (SSSR count). The fraction of sp³-hybridized carbons (Fsp3) is 0.278. The molecule has 0 saturated carbocycles. The molecule has 6 heteroatoms. The number of amides is 1. The Morgan fingerprint density at radius 3 is 2.67 bits per heavy atom. The number of hydrogen-bond donors (Lipinski definition) is 3. The summed E-state index contributed by atoms with van der Waals surface area (Å²) in [4.78, 5) is 21.8. The lowest BCUT2D eigenvalue weighted by molar-refractivity contribution is -0.194. The molecule has 0 fully saturated rings. The zero-order valence-electron chi connectivity index (χ0n) is 13.6. The van der Waals surface area contributed by atoms with E-state index in [0.717, 1.165) is 11.1 Å². The molecule has 6 nitrogen and oxygen atoms in total. The zero-order valence-corrected chi connectivity index (χ0v) is 13.6. The first-order valence-corrected chi connectivity index (χ1v) is 7.66. The molecule has 1 aliphatic rings. The largest absolute Gasteiger partial charge is 0.384 e. The average molecular weight is 328 g/mol. The summed E-state index contributed by atoms with van der Waals surface area (Å²) in [5.74, 6) is 0.0575. The van der Waals surface area contributed by atoms with Gasteiger partial charge >= 0.3 is 0 Å². The standard InChI is InChI=1S/C18H20N2O4/c1-18(2,17(19)22)20-14-9-15-12(10-23-24-15)8-13(14)16(21)11-6-4-3-5-7-11/h3-9,16,20-21H,10H2,1-2H3,(H2,19,22). The highest BCUT2D eigenvalue weighted by atomic mass is 17.2. The number of hydrogen-bond acceptors (Lipinski definition) is 5. The van der Waals surface area contributed by atoms with Gasteiger partial charge in [-0.15, -0.1) is 0 Å². The quantitative estimate of drug-likeness (QED) is 0.732. The van der Waals surface area contributed by atoms with Gasteiger partial charge in [-0.25, -0.2) is 0 Å². The molecule has 0 spiro atoms. The fourth-order valence-electron chi connectivity index (χ4n) is 2.54. The Morgan fingerprint density at radius 1 is 1.29 bits per heavy atom. The third-order valence-corrected chi connectivity index (χ3v) is 4.07. The lowest BCUT2D eigenvalue weighted by Gasteiger charge is -2.27. The van der Waals surface area contributed by atoms with Crippen LogP contribution in [0.3, 0.4) is 0 Å². The second kappa shape index (κ2) is 6.14. The molecule has 0 aliphatic carbocycles. The van der Waals surface area contributed by atoms with Crippen LogP contribution >= 0.6 is 0 Å². The summed E-state index contributed by atoms with van der Waals surface area (Å²) in [6.45, 7) is 3.67. The summed E-state index contributed by atoms with van der Waals surface area (Å²) in [5, 5.41) is 13.9. The van der Waals surface area contributed by atoms with Gasteiger partial charge in [-0.05, 0) is 25.5 Å². The van der Waals surface area contributed by atoms with Gasteiger partial charge in [0.25, 0.3) is 0 Å². The number of nitrogens with two attached hydrogens (primary N) is 1. The van der Waals surface area contributed by atoms with Gasteiger partial charge in [0, 0.05) is 22.9 Å². The third kappa shape index (κ3) is 3.06. The van der Waals surface area contributed by atoms with E-state index in [-0.39, 0.29) is 0 Å². The van der Waals surface area contributed by atoms with Crippen molar-refractivity contribution in [3.63, 3.8) is 0 Å². The summed E-state index contributed by atoms with van der Waals surface area (Å²) in [6.07, 6.45) is -0.858.